The van der Waals surface area contributed by atoms with E-state index in [1.54, 1.807) is 19.9 Å². The van der Waals surface area contributed by atoms with Crippen LogP contribution in [0.1, 0.15) is 22.0 Å². The standard InChI is InChI=1S/C11H13N5O3S/c1-6-8(4-3-5-9(6)20(12,18)19)14-11(17)10-13-7(2)15-16-10/h3-5H,1-2H3,(H,14,17)(H2,12,18,19)(H,13,15,16). The average Bonchev–Trinajstić information content (AvgIpc) is 2.77. The monoisotopic (exact) mass is 295 g/mol. The maximum absolute atomic E-state index is 11.9. The van der Waals surface area contributed by atoms with Gasteiger partial charge >= 0.3 is 0 Å². The molecule has 0 spiro atoms. The summed E-state index contributed by atoms with van der Waals surface area (Å²) >= 11 is 0. The molecule has 8 nitrogen and oxygen atoms in total. The molecule has 2 rings (SSSR count). The first-order valence-electron chi connectivity index (χ1n) is 5.62. The molecule has 0 aliphatic rings. The lowest BCUT2D eigenvalue weighted by atomic mass is 10.2. The minimum Gasteiger partial charge on any atom is -0.319 e. The summed E-state index contributed by atoms with van der Waals surface area (Å²) in [6, 6.07) is 4.43. The van der Waals surface area contributed by atoms with E-state index in [4.69, 9.17) is 5.14 Å². The molecule has 0 saturated carbocycles. The van der Waals surface area contributed by atoms with Crippen molar-refractivity contribution in [1.29, 1.82) is 0 Å². The van der Waals surface area contributed by atoms with Crippen LogP contribution in [-0.2, 0) is 10.0 Å². The molecule has 0 radical (unpaired) electrons. The zero-order valence-electron chi connectivity index (χ0n) is 10.8. The Bertz CT molecular complexity index is 766. The fraction of sp³-hybridized carbons (Fsp3) is 0.182. The summed E-state index contributed by atoms with van der Waals surface area (Å²) in [6.45, 7) is 3.22. The van der Waals surface area contributed by atoms with Gasteiger partial charge in [0.2, 0.25) is 15.8 Å². The number of H-pyrrole nitrogens is 1. The number of rotatable bonds is 3. The van der Waals surface area contributed by atoms with Crippen molar-refractivity contribution in [3.05, 3.63) is 35.4 Å². The highest BCUT2D eigenvalue weighted by molar-refractivity contribution is 7.89. The molecule has 0 aliphatic carbocycles. The van der Waals surface area contributed by atoms with Crippen LogP contribution >= 0.6 is 0 Å². The molecule has 1 aromatic heterocycles. The SMILES string of the molecule is Cc1nc(C(=O)Nc2cccc(S(N)(=O)=O)c2C)n[nH]1. The van der Waals surface area contributed by atoms with E-state index in [1.165, 1.54) is 12.1 Å². The minimum atomic E-state index is -3.84. The number of carbonyl (C=O) groups excluding carboxylic acids is 1. The number of amides is 1. The van der Waals surface area contributed by atoms with Crippen LogP contribution in [0.5, 0.6) is 0 Å². The lowest BCUT2D eigenvalue weighted by Gasteiger charge is -2.10. The van der Waals surface area contributed by atoms with Crippen LogP contribution < -0.4 is 10.5 Å². The number of anilines is 1. The van der Waals surface area contributed by atoms with Crippen molar-refractivity contribution in [2.45, 2.75) is 18.7 Å². The van der Waals surface area contributed by atoms with E-state index in [9.17, 15) is 13.2 Å². The Morgan fingerprint density at radius 3 is 2.60 bits per heavy atom. The molecule has 0 atom stereocenters. The number of nitrogens with one attached hydrogen (secondary N) is 2. The van der Waals surface area contributed by atoms with Gasteiger partial charge in [-0.1, -0.05) is 6.07 Å². The zero-order chi connectivity index (χ0) is 14.9. The highest BCUT2D eigenvalue weighted by Gasteiger charge is 2.17. The van der Waals surface area contributed by atoms with Crippen molar-refractivity contribution in [3.8, 4) is 0 Å². The molecular formula is C11H13N5O3S. The Morgan fingerprint density at radius 2 is 2.05 bits per heavy atom. The van der Waals surface area contributed by atoms with E-state index in [0.717, 1.165) is 0 Å². The predicted molar refractivity (Wildman–Crippen MR) is 71.6 cm³/mol. The number of aromatic amines is 1. The number of primary sulfonamides is 1. The van der Waals surface area contributed by atoms with Crippen molar-refractivity contribution >= 4 is 21.6 Å². The third kappa shape index (κ3) is 2.83. The maximum Gasteiger partial charge on any atom is 0.295 e. The van der Waals surface area contributed by atoms with Gasteiger partial charge in [-0.15, -0.1) is 5.10 Å². The van der Waals surface area contributed by atoms with Gasteiger partial charge in [0.25, 0.3) is 5.91 Å². The van der Waals surface area contributed by atoms with Crippen LogP contribution in [0.2, 0.25) is 0 Å². The van der Waals surface area contributed by atoms with Crippen molar-refractivity contribution in [3.63, 3.8) is 0 Å². The summed E-state index contributed by atoms with van der Waals surface area (Å²) in [7, 11) is -3.84. The lowest BCUT2D eigenvalue weighted by Crippen LogP contribution is -2.17. The molecule has 20 heavy (non-hydrogen) atoms. The third-order valence-corrected chi connectivity index (χ3v) is 3.69. The summed E-state index contributed by atoms with van der Waals surface area (Å²) in [4.78, 5) is 15.7. The smallest absolute Gasteiger partial charge is 0.295 e. The molecule has 0 bridgehead atoms. The van der Waals surface area contributed by atoms with Crippen LogP contribution in [0, 0.1) is 13.8 Å². The van der Waals surface area contributed by atoms with E-state index in [0.29, 0.717) is 17.1 Å². The summed E-state index contributed by atoms with van der Waals surface area (Å²) in [5.41, 5.74) is 0.694. The maximum atomic E-state index is 11.9. The van der Waals surface area contributed by atoms with Crippen LogP contribution in [0.4, 0.5) is 5.69 Å². The molecule has 1 heterocycles. The normalized spacial score (nSPS) is 11.3. The summed E-state index contributed by atoms with van der Waals surface area (Å²) in [5.74, 6) is -0.0583. The van der Waals surface area contributed by atoms with Crippen LogP contribution in [0.25, 0.3) is 0 Å². The number of hydrogen-bond donors (Lipinski definition) is 3. The Balaban J connectivity index is 2.33. The molecule has 0 unspecified atom stereocenters. The summed E-state index contributed by atoms with van der Waals surface area (Å²) in [6.07, 6.45) is 0. The van der Waals surface area contributed by atoms with Gasteiger partial charge in [0.05, 0.1) is 4.90 Å². The van der Waals surface area contributed by atoms with Gasteiger partial charge in [0, 0.05) is 5.69 Å². The van der Waals surface area contributed by atoms with Gasteiger partial charge in [-0.2, -0.15) is 0 Å². The van der Waals surface area contributed by atoms with Crippen molar-refractivity contribution in [2.75, 3.05) is 5.32 Å². The largest absolute Gasteiger partial charge is 0.319 e. The second kappa shape index (κ2) is 5.02. The van der Waals surface area contributed by atoms with Gasteiger partial charge in [0.15, 0.2) is 0 Å². The summed E-state index contributed by atoms with van der Waals surface area (Å²) in [5, 5.41) is 13.9. The Morgan fingerprint density at radius 1 is 1.35 bits per heavy atom. The van der Waals surface area contributed by atoms with E-state index >= 15 is 0 Å². The van der Waals surface area contributed by atoms with Crippen LogP contribution in [0.3, 0.4) is 0 Å². The Hall–Kier alpha value is -2.26. The first-order chi connectivity index (χ1) is 9.29. The number of nitrogens with zero attached hydrogens (tertiary/aromatic N) is 2. The highest BCUT2D eigenvalue weighted by atomic mass is 32.2. The molecule has 106 valence electrons. The zero-order valence-corrected chi connectivity index (χ0v) is 11.7. The van der Waals surface area contributed by atoms with E-state index in [1.807, 2.05) is 0 Å². The number of benzene rings is 1. The van der Waals surface area contributed by atoms with Crippen molar-refractivity contribution in [2.24, 2.45) is 5.14 Å². The number of carbonyl (C=O) groups is 1. The topological polar surface area (TPSA) is 131 Å². The molecule has 1 amide bonds. The molecule has 1 aromatic carbocycles. The first kappa shape index (κ1) is 14.2. The highest BCUT2D eigenvalue weighted by Crippen LogP contribution is 2.22. The predicted octanol–water partition coefficient (Wildman–Crippen LogP) is 0.321. The summed E-state index contributed by atoms with van der Waals surface area (Å²) < 4.78 is 22.8. The fourth-order valence-corrected chi connectivity index (χ4v) is 2.49. The lowest BCUT2D eigenvalue weighted by molar-refractivity contribution is 0.101. The number of aryl methyl sites for hydroxylation is 1. The average molecular weight is 295 g/mol. The van der Waals surface area contributed by atoms with E-state index in [2.05, 4.69) is 20.5 Å². The van der Waals surface area contributed by atoms with E-state index in [-0.39, 0.29) is 10.7 Å². The molecule has 2 aromatic rings. The van der Waals surface area contributed by atoms with Gasteiger partial charge in [0.1, 0.15) is 5.82 Å². The second-order valence-electron chi connectivity index (χ2n) is 4.17. The second-order valence-corrected chi connectivity index (χ2v) is 5.70. The molecule has 0 fully saturated rings. The van der Waals surface area contributed by atoms with Gasteiger partial charge in [-0.05, 0) is 31.5 Å². The van der Waals surface area contributed by atoms with Gasteiger partial charge < -0.3 is 5.32 Å². The number of nitrogens with two attached hydrogens (primary N) is 1. The fourth-order valence-electron chi connectivity index (χ4n) is 1.68. The number of sulfonamides is 1. The first-order valence-corrected chi connectivity index (χ1v) is 7.16. The van der Waals surface area contributed by atoms with Crippen molar-refractivity contribution in [1.82, 2.24) is 15.2 Å². The number of aromatic nitrogens is 3. The van der Waals surface area contributed by atoms with Crippen LogP contribution in [0.15, 0.2) is 23.1 Å². The quantitative estimate of drug-likeness (QED) is 0.750. The van der Waals surface area contributed by atoms with Crippen LogP contribution in [-0.4, -0.2) is 29.5 Å². The van der Waals surface area contributed by atoms with Gasteiger partial charge in [-0.3, -0.25) is 9.89 Å². The molecule has 4 N–H and O–H groups in total. The molecular weight excluding hydrogens is 282 g/mol. The Kier molecular flexibility index (Phi) is 3.55. The van der Waals surface area contributed by atoms with E-state index < -0.39 is 15.9 Å². The minimum absolute atomic E-state index is 0.0251. The number of hydrogen-bond acceptors (Lipinski definition) is 5. The van der Waals surface area contributed by atoms with Crippen molar-refractivity contribution < 1.29 is 13.2 Å². The van der Waals surface area contributed by atoms with Gasteiger partial charge in [-0.25, -0.2) is 18.5 Å². The molecule has 0 saturated heterocycles. The third-order valence-electron chi connectivity index (χ3n) is 2.64. The Labute approximate surface area is 115 Å². The molecule has 0 aliphatic heterocycles. The molecule has 9 heteroatoms.